The third-order valence-electron chi connectivity index (χ3n) is 4.78. The van der Waals surface area contributed by atoms with Gasteiger partial charge in [0.25, 0.3) is 0 Å². The van der Waals surface area contributed by atoms with Crippen LogP contribution in [0.15, 0.2) is 60.7 Å². The molecule has 0 bridgehead atoms. The van der Waals surface area contributed by atoms with Crippen molar-refractivity contribution in [3.05, 3.63) is 76.8 Å². The Bertz CT molecular complexity index is 1260. The lowest BCUT2D eigenvalue weighted by molar-refractivity contribution is -0.137. The molecule has 0 aliphatic carbocycles. The van der Waals surface area contributed by atoms with E-state index >= 15 is 0 Å². The van der Waals surface area contributed by atoms with Gasteiger partial charge in [-0.3, -0.25) is 4.79 Å². The van der Waals surface area contributed by atoms with E-state index in [2.05, 4.69) is 0 Å². The zero-order valence-electron chi connectivity index (χ0n) is 15.3. The maximum absolute atomic E-state index is 12.1. The highest BCUT2D eigenvalue weighted by Gasteiger charge is 2.21. The maximum atomic E-state index is 12.1. The molecule has 4 rings (SSSR count). The van der Waals surface area contributed by atoms with Crippen molar-refractivity contribution in [2.24, 2.45) is 5.73 Å². The van der Waals surface area contributed by atoms with Gasteiger partial charge in [0, 0.05) is 22.5 Å². The standard InChI is InChI=1S/C22H17ClN2O4/c23-15-7-2-1-5-13(15)11-25-16-8-3-6-14(22(24)28)20(16)21-17(25)9-4-10-18(21)29-19(27)12-26/h1-10,26H,11-12H2,(H2,24,28). The second-order valence-electron chi connectivity index (χ2n) is 6.52. The molecule has 1 heterocycles. The minimum absolute atomic E-state index is 0.248. The molecule has 146 valence electrons. The van der Waals surface area contributed by atoms with Gasteiger partial charge >= 0.3 is 5.97 Å². The van der Waals surface area contributed by atoms with E-state index in [1.165, 1.54) is 0 Å². The van der Waals surface area contributed by atoms with E-state index < -0.39 is 18.5 Å². The number of halogens is 1. The van der Waals surface area contributed by atoms with E-state index in [4.69, 9.17) is 27.2 Å². The van der Waals surface area contributed by atoms with Gasteiger partial charge in [-0.2, -0.15) is 0 Å². The molecular weight excluding hydrogens is 392 g/mol. The number of hydrogen-bond acceptors (Lipinski definition) is 4. The predicted molar refractivity (Wildman–Crippen MR) is 111 cm³/mol. The number of aliphatic hydroxyl groups excluding tert-OH is 1. The number of nitrogens with two attached hydrogens (primary N) is 1. The average molecular weight is 409 g/mol. The predicted octanol–water partition coefficient (Wildman–Crippen LogP) is 3.49. The molecule has 0 saturated heterocycles. The molecule has 3 N–H and O–H groups in total. The van der Waals surface area contributed by atoms with E-state index in [0.717, 1.165) is 16.6 Å². The lowest BCUT2D eigenvalue weighted by Gasteiger charge is -2.10. The number of hydrogen-bond donors (Lipinski definition) is 2. The summed E-state index contributed by atoms with van der Waals surface area (Å²) in [7, 11) is 0. The first-order valence-electron chi connectivity index (χ1n) is 8.90. The van der Waals surface area contributed by atoms with Crippen LogP contribution in [0.5, 0.6) is 5.75 Å². The zero-order valence-corrected chi connectivity index (χ0v) is 16.0. The van der Waals surface area contributed by atoms with E-state index in [1.807, 2.05) is 41.0 Å². The monoisotopic (exact) mass is 408 g/mol. The molecule has 1 amide bonds. The number of fused-ring (bicyclic) bond motifs is 3. The lowest BCUT2D eigenvalue weighted by atomic mass is 10.1. The molecular formula is C22H17ClN2O4. The van der Waals surface area contributed by atoms with Crippen LogP contribution in [0, 0.1) is 0 Å². The number of aliphatic hydroxyl groups is 1. The first kappa shape index (κ1) is 19.0. The molecule has 29 heavy (non-hydrogen) atoms. The number of carbonyl (C=O) groups is 2. The molecule has 0 saturated carbocycles. The molecule has 0 unspecified atom stereocenters. The first-order valence-corrected chi connectivity index (χ1v) is 9.27. The third kappa shape index (κ3) is 3.33. The van der Waals surface area contributed by atoms with Crippen LogP contribution in [0.1, 0.15) is 15.9 Å². The molecule has 0 aliphatic heterocycles. The van der Waals surface area contributed by atoms with Gasteiger partial charge in [0.05, 0.1) is 16.4 Å². The first-order chi connectivity index (χ1) is 14.0. The minimum atomic E-state index is -0.791. The summed E-state index contributed by atoms with van der Waals surface area (Å²) >= 11 is 6.36. The molecule has 4 aromatic rings. The Hall–Kier alpha value is -3.35. The van der Waals surface area contributed by atoms with Gasteiger partial charge in [-0.05, 0) is 35.9 Å². The van der Waals surface area contributed by atoms with Gasteiger partial charge in [-0.1, -0.05) is 41.9 Å². The minimum Gasteiger partial charge on any atom is -0.424 e. The van der Waals surface area contributed by atoms with Crippen LogP contribution in [-0.4, -0.2) is 28.2 Å². The highest BCUT2D eigenvalue weighted by Crippen LogP contribution is 2.38. The number of aromatic nitrogens is 1. The number of esters is 1. The smallest absolute Gasteiger partial charge is 0.337 e. The number of benzene rings is 3. The average Bonchev–Trinajstić information content (AvgIpc) is 3.04. The fourth-order valence-electron chi connectivity index (χ4n) is 3.57. The van der Waals surface area contributed by atoms with Gasteiger partial charge in [-0.25, -0.2) is 4.79 Å². The normalized spacial score (nSPS) is 11.1. The fourth-order valence-corrected chi connectivity index (χ4v) is 3.76. The number of nitrogens with zero attached hydrogens (tertiary/aromatic N) is 1. The van der Waals surface area contributed by atoms with Crippen LogP contribution in [0.25, 0.3) is 21.8 Å². The molecule has 0 aliphatic rings. The topological polar surface area (TPSA) is 94.6 Å². The summed E-state index contributed by atoms with van der Waals surface area (Å²) in [5.74, 6) is -1.13. The fraction of sp³-hybridized carbons (Fsp3) is 0.0909. The highest BCUT2D eigenvalue weighted by atomic mass is 35.5. The molecule has 7 heteroatoms. The van der Waals surface area contributed by atoms with Crippen molar-refractivity contribution < 1.29 is 19.4 Å². The lowest BCUT2D eigenvalue weighted by Crippen LogP contribution is -2.13. The summed E-state index contributed by atoms with van der Waals surface area (Å²) in [6, 6.07) is 18.0. The van der Waals surface area contributed by atoms with E-state index in [9.17, 15) is 9.59 Å². The molecule has 6 nitrogen and oxygen atoms in total. The van der Waals surface area contributed by atoms with E-state index in [1.54, 1.807) is 24.3 Å². The van der Waals surface area contributed by atoms with Crippen LogP contribution in [0.2, 0.25) is 5.02 Å². The van der Waals surface area contributed by atoms with Crippen molar-refractivity contribution in [3.63, 3.8) is 0 Å². The summed E-state index contributed by atoms with van der Waals surface area (Å²) in [5, 5.41) is 10.9. The molecule has 3 aromatic carbocycles. The molecule has 1 aromatic heterocycles. The molecule has 0 spiro atoms. The number of ether oxygens (including phenoxy) is 1. The summed E-state index contributed by atoms with van der Waals surface area (Å²) in [5.41, 5.74) is 8.33. The number of primary amides is 1. The molecule has 0 atom stereocenters. The summed E-state index contributed by atoms with van der Waals surface area (Å²) < 4.78 is 7.32. The Balaban J connectivity index is 2.06. The Morgan fingerprint density at radius 2 is 1.66 bits per heavy atom. The van der Waals surface area contributed by atoms with E-state index in [-0.39, 0.29) is 5.75 Å². The Labute approximate surface area is 171 Å². The molecule has 0 radical (unpaired) electrons. The van der Waals surface area contributed by atoms with Gasteiger partial charge in [0.1, 0.15) is 12.4 Å². The van der Waals surface area contributed by atoms with Crippen molar-refractivity contribution in [1.82, 2.24) is 4.57 Å². The van der Waals surface area contributed by atoms with Gasteiger partial charge in [0.2, 0.25) is 5.91 Å². The summed E-state index contributed by atoms with van der Waals surface area (Å²) in [4.78, 5) is 23.8. The Kier molecular flexibility index (Phi) is 4.96. The Morgan fingerprint density at radius 1 is 0.966 bits per heavy atom. The van der Waals surface area contributed by atoms with Gasteiger partial charge in [-0.15, -0.1) is 0 Å². The van der Waals surface area contributed by atoms with Crippen LogP contribution in [0.3, 0.4) is 0 Å². The van der Waals surface area contributed by atoms with Gasteiger partial charge in [0.15, 0.2) is 0 Å². The van der Waals surface area contributed by atoms with Crippen molar-refractivity contribution in [2.75, 3.05) is 6.61 Å². The second-order valence-corrected chi connectivity index (χ2v) is 6.93. The van der Waals surface area contributed by atoms with Crippen LogP contribution < -0.4 is 10.5 Å². The third-order valence-corrected chi connectivity index (χ3v) is 5.15. The highest BCUT2D eigenvalue weighted by molar-refractivity contribution is 6.31. The van der Waals surface area contributed by atoms with Crippen molar-refractivity contribution >= 4 is 45.3 Å². The van der Waals surface area contributed by atoms with Crippen molar-refractivity contribution in [1.29, 1.82) is 0 Å². The zero-order chi connectivity index (χ0) is 20.5. The molecule has 0 fully saturated rings. The number of amides is 1. The largest absolute Gasteiger partial charge is 0.424 e. The summed E-state index contributed by atoms with van der Waals surface area (Å²) in [6.07, 6.45) is 0. The van der Waals surface area contributed by atoms with E-state index in [0.29, 0.717) is 27.9 Å². The van der Waals surface area contributed by atoms with Crippen LogP contribution in [0.4, 0.5) is 0 Å². The second kappa shape index (κ2) is 7.58. The number of carbonyl (C=O) groups excluding carboxylic acids is 2. The number of rotatable bonds is 5. The van der Waals surface area contributed by atoms with Gasteiger partial charge < -0.3 is 20.1 Å². The summed E-state index contributed by atoms with van der Waals surface area (Å²) in [6.45, 7) is -0.309. The van der Waals surface area contributed by atoms with Crippen molar-refractivity contribution in [2.45, 2.75) is 6.54 Å². The van der Waals surface area contributed by atoms with Crippen LogP contribution >= 0.6 is 11.6 Å². The SMILES string of the molecule is NC(=O)c1cccc2c1c1c(OC(=O)CO)cccc1n2Cc1ccccc1Cl. The quantitative estimate of drug-likeness (QED) is 0.390. The maximum Gasteiger partial charge on any atom is 0.337 e. The van der Waals surface area contributed by atoms with Crippen molar-refractivity contribution in [3.8, 4) is 5.75 Å². The van der Waals surface area contributed by atoms with Crippen LogP contribution in [-0.2, 0) is 11.3 Å². The Morgan fingerprint density at radius 3 is 2.34 bits per heavy atom.